The van der Waals surface area contributed by atoms with E-state index < -0.39 is 0 Å². The van der Waals surface area contributed by atoms with Gasteiger partial charge in [-0.3, -0.25) is 4.98 Å². The lowest BCUT2D eigenvalue weighted by Gasteiger charge is -2.42. The zero-order valence-corrected chi connectivity index (χ0v) is 33.8. The van der Waals surface area contributed by atoms with E-state index in [2.05, 4.69) is 158 Å². The molecule has 0 amide bonds. The van der Waals surface area contributed by atoms with Crippen LogP contribution in [-0.4, -0.2) is 32.1 Å². The number of aromatic nitrogens is 4. The van der Waals surface area contributed by atoms with Crippen molar-refractivity contribution in [3.63, 3.8) is 0 Å². The van der Waals surface area contributed by atoms with Crippen LogP contribution in [0.4, 0.5) is 0 Å². The molecule has 4 nitrogen and oxygen atoms in total. The third kappa shape index (κ3) is 3.19. The largest absolute Gasteiger partial charge is 0.311 e. The summed E-state index contributed by atoms with van der Waals surface area (Å²) in [6.07, 6.45) is 1.99. The fourth-order valence-corrected chi connectivity index (χ4v) is 13.1. The summed E-state index contributed by atoms with van der Waals surface area (Å²) in [5, 5.41) is 8.26. The van der Waals surface area contributed by atoms with Crippen molar-refractivity contribution in [1.29, 1.82) is 0 Å². The number of benzene rings is 7. The molecule has 0 radical (unpaired) electrons. The molecule has 6 heteroatoms. The predicted octanol–water partition coefficient (Wildman–Crippen LogP) is 8.18. The summed E-state index contributed by atoms with van der Waals surface area (Å²) >= 11 is 0. The summed E-state index contributed by atoms with van der Waals surface area (Å²) in [6.45, 7) is 13.9. The molecular formula is C53H36B2N4. The lowest BCUT2D eigenvalue weighted by molar-refractivity contribution is 1.11. The summed E-state index contributed by atoms with van der Waals surface area (Å²) in [6, 6.07) is 39.8. The molecule has 4 aliphatic heterocycles. The summed E-state index contributed by atoms with van der Waals surface area (Å²) in [7, 11) is 0. The lowest BCUT2D eigenvalue weighted by atomic mass is 9.29. The smallest absolute Gasteiger partial charge is 0.252 e. The molecule has 0 saturated heterocycles. The summed E-state index contributed by atoms with van der Waals surface area (Å²) in [5.41, 5.74) is 30.5. The Balaban J connectivity index is 1.33. The molecular weight excluding hydrogens is 714 g/mol. The highest BCUT2D eigenvalue weighted by molar-refractivity contribution is 7.04. The van der Waals surface area contributed by atoms with Gasteiger partial charge in [-0.15, -0.1) is 0 Å². The summed E-state index contributed by atoms with van der Waals surface area (Å²) < 4.78 is 8.12. The number of hydrogen-bond donors (Lipinski definition) is 0. The number of pyridine rings is 1. The van der Waals surface area contributed by atoms with E-state index in [1.165, 1.54) is 154 Å². The molecule has 7 aromatic carbocycles. The first kappa shape index (κ1) is 31.2. The fourth-order valence-electron chi connectivity index (χ4n) is 13.1. The van der Waals surface area contributed by atoms with Crippen molar-refractivity contribution in [2.75, 3.05) is 0 Å². The molecule has 0 spiro atoms. The van der Waals surface area contributed by atoms with Crippen LogP contribution in [0.15, 0.2) is 109 Å². The van der Waals surface area contributed by atoms with Gasteiger partial charge >= 0.3 is 0 Å². The van der Waals surface area contributed by atoms with Crippen molar-refractivity contribution in [1.82, 2.24) is 18.7 Å². The van der Waals surface area contributed by atoms with Gasteiger partial charge in [0.25, 0.3) is 13.4 Å². The molecule has 0 fully saturated rings. The van der Waals surface area contributed by atoms with E-state index in [1.54, 1.807) is 0 Å². The van der Waals surface area contributed by atoms with Crippen molar-refractivity contribution >= 4 is 112 Å². The first-order valence-electron chi connectivity index (χ1n) is 21.1. The number of aryl methyl sites for hydroxylation is 6. The van der Waals surface area contributed by atoms with Gasteiger partial charge in [-0.2, -0.15) is 0 Å². The molecule has 4 aliphatic rings. The van der Waals surface area contributed by atoms with Gasteiger partial charge in [0.2, 0.25) is 0 Å². The maximum atomic E-state index is 5.34. The monoisotopic (exact) mass is 750 g/mol. The van der Waals surface area contributed by atoms with Gasteiger partial charge in [-0.1, -0.05) is 78.9 Å². The molecule has 0 atom stereocenters. The Bertz CT molecular complexity index is 3690. The zero-order valence-electron chi connectivity index (χ0n) is 33.8. The van der Waals surface area contributed by atoms with E-state index in [-0.39, 0.29) is 13.4 Å². The van der Waals surface area contributed by atoms with Crippen LogP contribution in [0.1, 0.15) is 33.4 Å². The second-order valence-corrected chi connectivity index (χ2v) is 18.1. The first-order valence-corrected chi connectivity index (χ1v) is 21.1. The van der Waals surface area contributed by atoms with Crippen LogP contribution < -0.4 is 32.8 Å². The highest BCUT2D eigenvalue weighted by Crippen LogP contribution is 2.49. The zero-order chi connectivity index (χ0) is 39.1. The van der Waals surface area contributed by atoms with E-state index in [4.69, 9.17) is 4.98 Å². The number of nitrogens with zero attached hydrogens (tertiary/aromatic N) is 4. The third-order valence-electron chi connectivity index (χ3n) is 15.2. The van der Waals surface area contributed by atoms with Gasteiger partial charge in [-0.05, 0) is 132 Å². The van der Waals surface area contributed by atoms with Crippen molar-refractivity contribution in [3.8, 4) is 28.3 Å². The topological polar surface area (TPSA) is 27.7 Å². The van der Waals surface area contributed by atoms with Crippen molar-refractivity contribution < 1.29 is 0 Å². The van der Waals surface area contributed by atoms with Crippen LogP contribution >= 0.6 is 0 Å². The molecule has 0 unspecified atom stereocenters. The predicted molar refractivity (Wildman–Crippen MR) is 250 cm³/mol. The van der Waals surface area contributed by atoms with Gasteiger partial charge < -0.3 is 13.7 Å². The molecule has 15 rings (SSSR count). The van der Waals surface area contributed by atoms with Gasteiger partial charge in [0.1, 0.15) is 0 Å². The van der Waals surface area contributed by atoms with E-state index in [0.717, 1.165) is 5.69 Å². The number of fused-ring (bicyclic) bond motifs is 13. The van der Waals surface area contributed by atoms with Crippen LogP contribution in [0.25, 0.3) is 93.7 Å². The van der Waals surface area contributed by atoms with Gasteiger partial charge in [0, 0.05) is 71.8 Å². The van der Waals surface area contributed by atoms with E-state index >= 15 is 0 Å². The molecule has 0 N–H and O–H groups in total. The standard InChI is InChI=1S/C53H36B2N4/c1-25-11-9-14-36-38(25)40-27(3)16-20-31-47(40)57(36)51-44(35-13-7-8-24-56-35)52-46-53-45(51)54(31)33-22-18-29(5)42-43-30(6)19-23-34(50(43)59(53)49(33)42)55(46)32-21-17-28(4)41-39-26(2)12-10-15-37(39)58(52)48(32)41/h7-24H,1-6H3. The average molecular weight is 751 g/mol. The van der Waals surface area contributed by atoms with Crippen molar-refractivity contribution in [3.05, 3.63) is 143 Å². The molecule has 274 valence electrons. The minimum atomic E-state index is 0.0403. The van der Waals surface area contributed by atoms with Gasteiger partial charge in [0.15, 0.2) is 0 Å². The molecule has 8 heterocycles. The first-order chi connectivity index (χ1) is 28.8. The minimum Gasteiger partial charge on any atom is -0.311 e. The van der Waals surface area contributed by atoms with E-state index in [9.17, 15) is 0 Å². The second-order valence-electron chi connectivity index (χ2n) is 18.1. The van der Waals surface area contributed by atoms with Gasteiger partial charge in [-0.25, -0.2) is 0 Å². The maximum Gasteiger partial charge on any atom is 0.252 e. The Morgan fingerprint density at radius 1 is 0.373 bits per heavy atom. The Kier molecular flexibility index (Phi) is 5.24. The second kappa shape index (κ2) is 9.90. The normalized spacial score (nSPS) is 13.9. The Morgan fingerprint density at radius 2 is 0.780 bits per heavy atom. The molecule has 11 aromatic rings. The minimum absolute atomic E-state index is 0.0403. The SMILES string of the molecule is Cc1cccc2c1c1c(C)ccc3c1n2-c1c2c4c5c(c1-c1ccccn1)-n1c6cccc(C)c6c6c(C)ccc(c61)B5c1ccc(C)c5c6c(C)ccc(c6n-4c15)B23. The van der Waals surface area contributed by atoms with Crippen LogP contribution in [0.5, 0.6) is 0 Å². The van der Waals surface area contributed by atoms with Crippen LogP contribution in [-0.2, 0) is 0 Å². The molecule has 0 bridgehead atoms. The summed E-state index contributed by atoms with van der Waals surface area (Å²) in [5.74, 6) is 0. The van der Waals surface area contributed by atoms with E-state index in [1.807, 2.05) is 6.20 Å². The average Bonchev–Trinajstić information content (AvgIpc) is 3.92. The maximum absolute atomic E-state index is 5.34. The van der Waals surface area contributed by atoms with Crippen LogP contribution in [0.3, 0.4) is 0 Å². The Labute approximate surface area is 341 Å². The van der Waals surface area contributed by atoms with Crippen molar-refractivity contribution in [2.24, 2.45) is 0 Å². The quantitative estimate of drug-likeness (QED) is 0.156. The highest BCUT2D eigenvalue weighted by atomic mass is 15.1. The Morgan fingerprint density at radius 3 is 1.20 bits per heavy atom. The van der Waals surface area contributed by atoms with Crippen LogP contribution in [0.2, 0.25) is 0 Å². The third-order valence-corrected chi connectivity index (χ3v) is 15.2. The van der Waals surface area contributed by atoms with Gasteiger partial charge in [0.05, 0.1) is 28.1 Å². The highest BCUT2D eigenvalue weighted by Gasteiger charge is 2.51. The fraction of sp³-hybridized carbons (Fsp3) is 0.113. The molecule has 0 saturated carbocycles. The van der Waals surface area contributed by atoms with E-state index in [0.29, 0.717) is 0 Å². The molecule has 0 aliphatic carbocycles. The van der Waals surface area contributed by atoms with Crippen LogP contribution in [0, 0.1) is 41.5 Å². The molecule has 59 heavy (non-hydrogen) atoms. The Hall–Kier alpha value is -6.78. The molecule has 4 aromatic heterocycles. The van der Waals surface area contributed by atoms with Crippen molar-refractivity contribution in [2.45, 2.75) is 41.5 Å². The lowest BCUT2D eigenvalue weighted by Crippen LogP contribution is -2.66. The number of hydrogen-bond acceptors (Lipinski definition) is 1. The number of rotatable bonds is 1. The summed E-state index contributed by atoms with van der Waals surface area (Å²) in [4.78, 5) is 5.34.